The van der Waals surface area contributed by atoms with E-state index in [2.05, 4.69) is 27.6 Å². The van der Waals surface area contributed by atoms with Crippen molar-refractivity contribution in [1.82, 2.24) is 20.1 Å². The maximum atomic E-state index is 11.9. The monoisotopic (exact) mass is 347 g/mol. The first kappa shape index (κ1) is 18.0. The van der Waals surface area contributed by atoms with Crippen LogP contribution in [0.25, 0.3) is 0 Å². The van der Waals surface area contributed by atoms with Gasteiger partial charge in [0.1, 0.15) is 12.9 Å². The fourth-order valence-electron chi connectivity index (χ4n) is 1.90. The summed E-state index contributed by atoms with van der Waals surface area (Å²) in [6.45, 7) is 2.59. The zero-order valence-corrected chi connectivity index (χ0v) is 14.4. The third-order valence-corrected chi connectivity index (χ3v) is 4.17. The smallest absolute Gasteiger partial charge is 0.248 e. The van der Waals surface area contributed by atoms with E-state index in [1.54, 1.807) is 11.8 Å². The van der Waals surface area contributed by atoms with E-state index in [1.807, 2.05) is 30.3 Å². The van der Waals surface area contributed by atoms with E-state index in [0.29, 0.717) is 12.3 Å². The number of carbonyl (C=O) groups excluding carboxylic acids is 2. The molecule has 7 nitrogen and oxygen atoms in total. The summed E-state index contributed by atoms with van der Waals surface area (Å²) >= 11 is 1.56. The quantitative estimate of drug-likeness (QED) is 0.674. The number of thioether (sulfide) groups is 1. The SMILES string of the molecule is CCCSCC(=O)Nc1ncn(CC(=O)NCc2ccccc2)n1. The van der Waals surface area contributed by atoms with Crippen molar-refractivity contribution < 1.29 is 9.59 Å². The minimum Gasteiger partial charge on any atom is -0.350 e. The Morgan fingerprint density at radius 3 is 2.75 bits per heavy atom. The number of nitrogens with zero attached hydrogens (tertiary/aromatic N) is 3. The van der Waals surface area contributed by atoms with Crippen LogP contribution in [0.5, 0.6) is 0 Å². The van der Waals surface area contributed by atoms with Crippen LogP contribution in [0.15, 0.2) is 36.7 Å². The Morgan fingerprint density at radius 1 is 1.21 bits per heavy atom. The predicted molar refractivity (Wildman–Crippen MR) is 94.6 cm³/mol. The van der Waals surface area contributed by atoms with Crippen LogP contribution in [0.1, 0.15) is 18.9 Å². The van der Waals surface area contributed by atoms with Gasteiger partial charge in [0.2, 0.25) is 17.8 Å². The molecule has 8 heteroatoms. The molecule has 0 aliphatic heterocycles. The van der Waals surface area contributed by atoms with Crippen LogP contribution in [-0.2, 0) is 22.7 Å². The minimum atomic E-state index is -0.167. The third kappa shape index (κ3) is 6.41. The molecule has 2 rings (SSSR count). The van der Waals surface area contributed by atoms with Crippen LogP contribution in [0.2, 0.25) is 0 Å². The van der Waals surface area contributed by atoms with Crippen LogP contribution in [0.3, 0.4) is 0 Å². The zero-order chi connectivity index (χ0) is 17.2. The Bertz CT molecular complexity index is 659. The van der Waals surface area contributed by atoms with Gasteiger partial charge in [-0.25, -0.2) is 9.67 Å². The van der Waals surface area contributed by atoms with Crippen LogP contribution in [-0.4, -0.2) is 38.1 Å². The summed E-state index contributed by atoms with van der Waals surface area (Å²) in [5.74, 6) is 1.23. The second-order valence-corrected chi connectivity index (χ2v) is 6.23. The summed E-state index contributed by atoms with van der Waals surface area (Å²) in [6, 6.07) is 9.66. The first-order valence-electron chi connectivity index (χ1n) is 7.75. The molecule has 0 atom stereocenters. The summed E-state index contributed by atoms with van der Waals surface area (Å²) in [7, 11) is 0. The lowest BCUT2D eigenvalue weighted by Crippen LogP contribution is -2.27. The molecule has 1 aromatic heterocycles. The summed E-state index contributed by atoms with van der Waals surface area (Å²) in [4.78, 5) is 27.6. The molecule has 0 unspecified atom stereocenters. The van der Waals surface area contributed by atoms with Crippen molar-refractivity contribution in [3.05, 3.63) is 42.2 Å². The third-order valence-electron chi connectivity index (χ3n) is 3.01. The molecule has 0 saturated heterocycles. The molecule has 0 radical (unpaired) electrons. The lowest BCUT2D eigenvalue weighted by atomic mass is 10.2. The molecule has 0 saturated carbocycles. The van der Waals surface area contributed by atoms with Crippen molar-refractivity contribution in [2.75, 3.05) is 16.8 Å². The number of anilines is 1. The molecule has 0 spiro atoms. The summed E-state index contributed by atoms with van der Waals surface area (Å²) < 4.78 is 1.40. The Morgan fingerprint density at radius 2 is 2.00 bits per heavy atom. The molecule has 0 bridgehead atoms. The van der Waals surface area contributed by atoms with Gasteiger partial charge in [-0.15, -0.1) is 5.10 Å². The van der Waals surface area contributed by atoms with Gasteiger partial charge >= 0.3 is 0 Å². The minimum absolute atomic E-state index is 0.0558. The van der Waals surface area contributed by atoms with E-state index in [-0.39, 0.29) is 24.3 Å². The summed E-state index contributed by atoms with van der Waals surface area (Å²) in [6.07, 6.45) is 2.46. The van der Waals surface area contributed by atoms with Gasteiger partial charge in [-0.1, -0.05) is 37.3 Å². The maximum absolute atomic E-state index is 11.9. The lowest BCUT2D eigenvalue weighted by Gasteiger charge is -2.05. The van der Waals surface area contributed by atoms with E-state index in [4.69, 9.17) is 0 Å². The molecule has 1 aromatic carbocycles. The molecule has 0 fully saturated rings. The van der Waals surface area contributed by atoms with Crippen molar-refractivity contribution in [3.63, 3.8) is 0 Å². The summed E-state index contributed by atoms with van der Waals surface area (Å²) in [5, 5.41) is 9.51. The highest BCUT2D eigenvalue weighted by atomic mass is 32.2. The van der Waals surface area contributed by atoms with Gasteiger partial charge in [-0.3, -0.25) is 14.9 Å². The molecule has 24 heavy (non-hydrogen) atoms. The van der Waals surface area contributed by atoms with Crippen LogP contribution < -0.4 is 10.6 Å². The summed E-state index contributed by atoms with van der Waals surface area (Å²) in [5.41, 5.74) is 1.03. The number of benzene rings is 1. The van der Waals surface area contributed by atoms with Crippen molar-refractivity contribution in [1.29, 1.82) is 0 Å². The standard InChI is InChI=1S/C16H21N5O2S/c1-2-8-24-11-15(23)19-16-18-12-21(20-16)10-14(22)17-9-13-6-4-3-5-7-13/h3-7,12H,2,8-11H2,1H3,(H,17,22)(H,19,20,23). The number of nitrogens with one attached hydrogen (secondary N) is 2. The van der Waals surface area contributed by atoms with Gasteiger partial charge in [0.25, 0.3) is 0 Å². The number of rotatable bonds is 9. The first-order chi connectivity index (χ1) is 11.7. The van der Waals surface area contributed by atoms with E-state index < -0.39 is 0 Å². The Labute approximate surface area is 145 Å². The highest BCUT2D eigenvalue weighted by molar-refractivity contribution is 7.99. The van der Waals surface area contributed by atoms with Crippen molar-refractivity contribution >= 4 is 29.5 Å². The number of aromatic nitrogens is 3. The Hall–Kier alpha value is -2.35. The molecule has 128 valence electrons. The largest absolute Gasteiger partial charge is 0.350 e. The van der Waals surface area contributed by atoms with Gasteiger partial charge in [0.05, 0.1) is 5.75 Å². The van der Waals surface area contributed by atoms with E-state index >= 15 is 0 Å². The van der Waals surface area contributed by atoms with Crippen molar-refractivity contribution in [3.8, 4) is 0 Å². The van der Waals surface area contributed by atoms with Gasteiger partial charge in [-0.2, -0.15) is 11.8 Å². The molecule has 1 heterocycles. The molecule has 2 amide bonds. The number of hydrogen-bond donors (Lipinski definition) is 2. The van der Waals surface area contributed by atoms with E-state index in [9.17, 15) is 9.59 Å². The molecular weight excluding hydrogens is 326 g/mol. The fraction of sp³-hybridized carbons (Fsp3) is 0.375. The number of carbonyl (C=O) groups is 2. The molecule has 0 aliphatic rings. The van der Waals surface area contributed by atoms with Gasteiger partial charge in [0, 0.05) is 6.54 Å². The van der Waals surface area contributed by atoms with Crippen molar-refractivity contribution in [2.24, 2.45) is 0 Å². The predicted octanol–water partition coefficient (Wildman–Crippen LogP) is 1.68. The second-order valence-electron chi connectivity index (χ2n) is 5.13. The lowest BCUT2D eigenvalue weighted by molar-refractivity contribution is -0.122. The van der Waals surface area contributed by atoms with Gasteiger partial charge in [0.15, 0.2) is 0 Å². The van der Waals surface area contributed by atoms with Crippen LogP contribution in [0, 0.1) is 0 Å². The molecule has 0 aliphatic carbocycles. The van der Waals surface area contributed by atoms with Crippen molar-refractivity contribution in [2.45, 2.75) is 26.4 Å². The Balaban J connectivity index is 1.74. The normalized spacial score (nSPS) is 10.4. The van der Waals surface area contributed by atoms with Gasteiger partial charge in [-0.05, 0) is 17.7 Å². The zero-order valence-electron chi connectivity index (χ0n) is 13.6. The second kappa shape index (κ2) is 9.71. The van der Waals surface area contributed by atoms with E-state index in [0.717, 1.165) is 17.7 Å². The molecular formula is C16H21N5O2S. The average Bonchev–Trinajstić information content (AvgIpc) is 3.01. The molecule has 2 aromatic rings. The average molecular weight is 347 g/mol. The fourth-order valence-corrected chi connectivity index (χ4v) is 2.59. The van der Waals surface area contributed by atoms with E-state index in [1.165, 1.54) is 11.0 Å². The Kier molecular flexibility index (Phi) is 7.28. The molecule has 2 N–H and O–H groups in total. The highest BCUT2D eigenvalue weighted by Crippen LogP contribution is 2.04. The highest BCUT2D eigenvalue weighted by Gasteiger charge is 2.08. The number of hydrogen-bond acceptors (Lipinski definition) is 5. The maximum Gasteiger partial charge on any atom is 0.248 e. The van der Waals surface area contributed by atoms with Crippen LogP contribution >= 0.6 is 11.8 Å². The van der Waals surface area contributed by atoms with Crippen LogP contribution in [0.4, 0.5) is 5.95 Å². The first-order valence-corrected chi connectivity index (χ1v) is 8.90. The number of amides is 2. The van der Waals surface area contributed by atoms with Gasteiger partial charge < -0.3 is 5.32 Å². The topological polar surface area (TPSA) is 88.9 Å².